The molecule has 0 bridgehead atoms. The summed E-state index contributed by atoms with van der Waals surface area (Å²) in [6, 6.07) is 0. The Kier molecular flexibility index (Phi) is 4.55. The van der Waals surface area contributed by atoms with Crippen molar-refractivity contribution in [3.63, 3.8) is 0 Å². The number of hydrogen-bond donors (Lipinski definition) is 1. The van der Waals surface area contributed by atoms with Crippen molar-refractivity contribution < 1.29 is 5.11 Å². The summed E-state index contributed by atoms with van der Waals surface area (Å²) in [5.41, 5.74) is 1.43. The zero-order valence-electron chi connectivity index (χ0n) is 6.71. The Morgan fingerprint density at radius 3 is 2.36 bits per heavy atom. The number of hydrogen-bond acceptors (Lipinski definition) is 1. The Bertz CT molecular complexity index is 168. The van der Waals surface area contributed by atoms with Crippen LogP contribution in [0.25, 0.3) is 0 Å². The first kappa shape index (κ1) is 10.2. The minimum Gasteiger partial charge on any atom is -0.392 e. The van der Waals surface area contributed by atoms with Gasteiger partial charge in [0.15, 0.2) is 0 Å². The van der Waals surface area contributed by atoms with Crippen LogP contribution in [0.5, 0.6) is 0 Å². The maximum Gasteiger partial charge on any atom is 0.0652 e. The molecule has 0 heterocycles. The fourth-order valence-corrected chi connectivity index (χ4v) is 0.683. The van der Waals surface area contributed by atoms with E-state index in [9.17, 15) is 5.11 Å². The van der Waals surface area contributed by atoms with Crippen molar-refractivity contribution in [1.29, 1.82) is 0 Å². The van der Waals surface area contributed by atoms with Gasteiger partial charge in [0.2, 0.25) is 0 Å². The highest BCUT2D eigenvalue weighted by atomic mass is 16.3. The third-order valence-electron chi connectivity index (χ3n) is 1.19. The van der Waals surface area contributed by atoms with Crippen molar-refractivity contribution in [3.05, 3.63) is 50.3 Å². The monoisotopic (exact) mass is 150 g/mol. The van der Waals surface area contributed by atoms with Crippen LogP contribution >= 0.6 is 0 Å². The number of allylic oxidation sites excluding steroid dienone is 1. The highest BCUT2D eigenvalue weighted by molar-refractivity contribution is 5.19. The van der Waals surface area contributed by atoms with Gasteiger partial charge in [0, 0.05) is 6.42 Å². The molecule has 0 aromatic rings. The molecule has 60 valence electrons. The largest absolute Gasteiger partial charge is 0.392 e. The summed E-state index contributed by atoms with van der Waals surface area (Å²) in [6.07, 6.45) is 3.18. The highest BCUT2D eigenvalue weighted by Crippen LogP contribution is 2.09. The van der Waals surface area contributed by atoms with E-state index >= 15 is 0 Å². The van der Waals surface area contributed by atoms with Gasteiger partial charge in [-0.2, -0.15) is 0 Å². The predicted octanol–water partition coefficient (Wildman–Crippen LogP) is 2.07. The molecule has 0 aliphatic rings. The summed E-state index contributed by atoms with van der Waals surface area (Å²) in [7, 11) is 0. The van der Waals surface area contributed by atoms with Crippen LogP contribution in [0.4, 0.5) is 0 Å². The summed E-state index contributed by atoms with van der Waals surface area (Å²) in [6.45, 7) is 14.3. The van der Waals surface area contributed by atoms with E-state index in [1.807, 2.05) is 0 Å². The topological polar surface area (TPSA) is 20.2 Å². The molecule has 0 rings (SSSR count). The van der Waals surface area contributed by atoms with E-state index in [2.05, 4.69) is 26.7 Å². The smallest absolute Gasteiger partial charge is 0.0652 e. The van der Waals surface area contributed by atoms with E-state index in [1.165, 1.54) is 0 Å². The van der Waals surface area contributed by atoms with Crippen LogP contribution in [0.1, 0.15) is 6.42 Å². The normalized spacial score (nSPS) is 12.2. The Labute approximate surface area is 68.7 Å². The number of aliphatic hydroxyl groups excluding tert-OH is 1. The van der Waals surface area contributed by atoms with Crippen molar-refractivity contribution >= 4 is 0 Å². The first-order valence-electron chi connectivity index (χ1n) is 3.40. The highest BCUT2D eigenvalue weighted by Gasteiger charge is 2.04. The van der Waals surface area contributed by atoms with Crippen molar-refractivity contribution in [2.75, 3.05) is 0 Å². The molecular formula is C10H14O. The standard InChI is InChI=1S/C10H14O/c1-5-9(4)7-10(11)6-8(2)3/h5-6,10-11H,1-4,7H2/t10-/m0/s1. The van der Waals surface area contributed by atoms with Crippen molar-refractivity contribution in [2.24, 2.45) is 0 Å². The van der Waals surface area contributed by atoms with Crippen LogP contribution in [-0.2, 0) is 0 Å². The van der Waals surface area contributed by atoms with E-state index < -0.39 is 6.10 Å². The molecule has 1 N–H and O–H groups in total. The molecule has 0 aliphatic heterocycles. The minimum absolute atomic E-state index is 0.498. The van der Waals surface area contributed by atoms with Gasteiger partial charge in [0.25, 0.3) is 0 Å². The quantitative estimate of drug-likeness (QED) is 0.595. The first-order chi connectivity index (χ1) is 5.06. The summed E-state index contributed by atoms with van der Waals surface area (Å²) in [4.78, 5) is 0. The van der Waals surface area contributed by atoms with Crippen molar-refractivity contribution in [3.8, 4) is 0 Å². The Morgan fingerprint density at radius 1 is 1.45 bits per heavy atom. The van der Waals surface area contributed by atoms with Gasteiger partial charge < -0.3 is 5.11 Å². The van der Waals surface area contributed by atoms with Crippen molar-refractivity contribution in [2.45, 2.75) is 12.5 Å². The van der Waals surface area contributed by atoms with E-state index in [0.29, 0.717) is 12.0 Å². The molecule has 0 fully saturated rings. The van der Waals surface area contributed by atoms with E-state index in [0.717, 1.165) is 5.57 Å². The molecule has 0 saturated heterocycles. The fourth-order valence-electron chi connectivity index (χ4n) is 0.683. The molecule has 0 saturated carbocycles. The summed E-state index contributed by atoms with van der Waals surface area (Å²) >= 11 is 0. The molecule has 0 amide bonds. The second-order valence-corrected chi connectivity index (χ2v) is 2.46. The van der Waals surface area contributed by atoms with Gasteiger partial charge in [-0.15, -0.1) is 0 Å². The maximum atomic E-state index is 9.26. The molecule has 1 nitrogen and oxygen atoms in total. The summed E-state index contributed by atoms with van der Waals surface area (Å²) < 4.78 is 0. The molecule has 0 spiro atoms. The van der Waals surface area contributed by atoms with E-state index in [-0.39, 0.29) is 0 Å². The molecule has 1 atom stereocenters. The average Bonchev–Trinajstić information content (AvgIpc) is 1.85. The Balaban J connectivity index is 3.68. The first-order valence-corrected chi connectivity index (χ1v) is 3.40. The third kappa shape index (κ3) is 5.62. The van der Waals surface area contributed by atoms with Gasteiger partial charge in [-0.25, -0.2) is 0 Å². The fraction of sp³-hybridized carbons (Fsp3) is 0.200. The lowest BCUT2D eigenvalue weighted by molar-refractivity contribution is 0.211. The van der Waals surface area contributed by atoms with Gasteiger partial charge in [-0.3, -0.25) is 0 Å². The van der Waals surface area contributed by atoms with Gasteiger partial charge in [-0.05, 0) is 13.3 Å². The van der Waals surface area contributed by atoms with Crippen LogP contribution in [0.15, 0.2) is 37.0 Å². The lowest BCUT2D eigenvalue weighted by Crippen LogP contribution is -2.07. The average molecular weight is 150 g/mol. The second-order valence-electron chi connectivity index (χ2n) is 2.46. The summed E-state index contributed by atoms with van der Waals surface area (Å²) in [5.74, 6) is 0. The molecule has 0 aliphatic carbocycles. The van der Waals surface area contributed by atoms with Gasteiger partial charge in [0.05, 0.1) is 6.10 Å². The number of rotatable bonds is 5. The van der Waals surface area contributed by atoms with Crippen molar-refractivity contribution in [1.82, 2.24) is 0 Å². The van der Waals surface area contributed by atoms with Crippen LogP contribution in [-0.4, -0.2) is 11.2 Å². The SMILES string of the molecule is [CH2]C(=C)[CH][C@H](O)CC(=C)C=C. The Morgan fingerprint density at radius 2 is 2.00 bits per heavy atom. The van der Waals surface area contributed by atoms with Crippen LogP contribution in [0.3, 0.4) is 0 Å². The molecular weight excluding hydrogens is 136 g/mol. The molecule has 0 aromatic carbocycles. The third-order valence-corrected chi connectivity index (χ3v) is 1.19. The molecule has 0 unspecified atom stereocenters. The van der Waals surface area contributed by atoms with Crippen LogP contribution in [0, 0.1) is 13.3 Å². The molecule has 1 heteroatoms. The predicted molar refractivity (Wildman–Crippen MR) is 48.8 cm³/mol. The maximum absolute atomic E-state index is 9.26. The number of aliphatic hydroxyl groups is 1. The zero-order valence-corrected chi connectivity index (χ0v) is 6.71. The van der Waals surface area contributed by atoms with E-state index in [4.69, 9.17) is 0 Å². The minimum atomic E-state index is -0.537. The van der Waals surface area contributed by atoms with Crippen LogP contribution in [0.2, 0.25) is 0 Å². The van der Waals surface area contributed by atoms with E-state index in [1.54, 1.807) is 12.5 Å². The second kappa shape index (κ2) is 4.91. The van der Waals surface area contributed by atoms with Gasteiger partial charge in [0.1, 0.15) is 0 Å². The molecule has 0 aromatic heterocycles. The van der Waals surface area contributed by atoms with Gasteiger partial charge >= 0.3 is 0 Å². The Hall–Kier alpha value is -0.820. The zero-order chi connectivity index (χ0) is 8.85. The van der Waals surface area contributed by atoms with Crippen LogP contribution < -0.4 is 0 Å². The lowest BCUT2D eigenvalue weighted by Gasteiger charge is -2.08. The molecule has 11 heavy (non-hydrogen) atoms. The van der Waals surface area contributed by atoms with Gasteiger partial charge in [-0.1, -0.05) is 37.0 Å². The molecule has 2 radical (unpaired) electrons. The summed E-state index contributed by atoms with van der Waals surface area (Å²) in [5, 5.41) is 9.26. The lowest BCUT2D eigenvalue weighted by atomic mass is 10.0.